The summed E-state index contributed by atoms with van der Waals surface area (Å²) in [5.74, 6) is -1.23. The predicted octanol–water partition coefficient (Wildman–Crippen LogP) is -3.57. The van der Waals surface area contributed by atoms with Crippen molar-refractivity contribution in [3.8, 4) is 5.88 Å². The molecule has 7 N–H and O–H groups in total. The van der Waals surface area contributed by atoms with Gasteiger partial charge in [-0.1, -0.05) is 0 Å². The van der Waals surface area contributed by atoms with Crippen molar-refractivity contribution >= 4 is 63.6 Å². The Kier molecular flexibility index (Phi) is 8.67. The number of ether oxygens (including phenoxy) is 1. The number of phosphoric ester groups is 1. The summed E-state index contributed by atoms with van der Waals surface area (Å²) in [4.78, 5) is 48.3. The molecule has 2 aromatic rings. The molecule has 0 aliphatic carbocycles. The van der Waals surface area contributed by atoms with Gasteiger partial charge in [-0.25, -0.2) is 23.4 Å². The maximum atomic E-state index is 11.8. The molecule has 3 heterocycles. The Morgan fingerprint density at radius 3 is 2.36 bits per heavy atom. The molecule has 0 amide bonds. The van der Waals surface area contributed by atoms with Gasteiger partial charge in [0.1, 0.15) is 23.8 Å². The number of aliphatic hydroxyl groups excluding tert-OH is 2. The fourth-order valence-corrected chi connectivity index (χ4v) is 5.65. The number of anilines is 1. The quantitative estimate of drug-likeness (QED) is 0.138. The molecule has 180 valence electrons. The van der Waals surface area contributed by atoms with Crippen LogP contribution in [0.15, 0.2) is 6.33 Å². The van der Waals surface area contributed by atoms with Crippen molar-refractivity contribution in [2.24, 2.45) is 0 Å². The number of hydrogen-bond donors (Lipinski definition) is 6. The maximum Gasteiger partial charge on any atom is 2.00 e. The van der Waals surface area contributed by atoms with Gasteiger partial charge in [0.25, 0.3) is 7.82 Å². The molecule has 1 aliphatic heterocycles. The molecule has 2 aromatic heterocycles. The zero-order valence-corrected chi connectivity index (χ0v) is 20.0. The number of rotatable bonds is 8. The van der Waals surface area contributed by atoms with Gasteiger partial charge in [-0.3, -0.25) is 13.7 Å². The third-order valence-electron chi connectivity index (χ3n) is 3.83. The van der Waals surface area contributed by atoms with E-state index in [0.29, 0.717) is 0 Å². The van der Waals surface area contributed by atoms with Crippen molar-refractivity contribution in [3.63, 3.8) is 0 Å². The normalized spacial score (nSPS) is 28.5. The molecule has 1 saturated heterocycles. The number of nitrogens with two attached hydrogens (primary N) is 1. The minimum absolute atomic E-state index is 0. The molecule has 23 heteroatoms. The number of nitrogen functional groups attached to an aromatic ring is 1. The van der Waals surface area contributed by atoms with E-state index in [9.17, 15) is 38.8 Å². The van der Waals surface area contributed by atoms with Crippen LogP contribution in [0.2, 0.25) is 0 Å². The van der Waals surface area contributed by atoms with Gasteiger partial charge < -0.3 is 45.4 Å². The fraction of sp³-hybridized carbons (Fsp3) is 0.500. The van der Waals surface area contributed by atoms with E-state index in [0.717, 1.165) is 10.9 Å². The monoisotopic (exact) mass is 545 g/mol. The number of fused-ring (bicyclic) bond motifs is 1. The van der Waals surface area contributed by atoms with E-state index in [1.54, 1.807) is 0 Å². The standard InChI is InChI=1S/C10H16N5O14P3.Mg/c11-10-13-7-4(8(18)14-10)12-2-15(7)9-6(17)5(16)3(27-9)1-26-31(22,23)29-32(24,25)28-30(19,20)21;/h2-3,5-6,9,16-17H,1H2,(H,22,23)(H,24,25)(H2,19,20,21)(H3,11,13,14,18);/q;+2/p-2/t3-,5-,6-,9-;/m1./s1. The van der Waals surface area contributed by atoms with Gasteiger partial charge in [0.15, 0.2) is 11.9 Å². The number of nitrogens with zero attached hydrogens (tertiary/aromatic N) is 4. The largest absolute Gasteiger partial charge is 2.00 e. The molecule has 1 aliphatic rings. The van der Waals surface area contributed by atoms with E-state index in [-0.39, 0.29) is 34.2 Å². The Bertz CT molecular complexity index is 1160. The summed E-state index contributed by atoms with van der Waals surface area (Å²) < 4.78 is 51.2. The summed E-state index contributed by atoms with van der Waals surface area (Å²) in [5, 5.41) is 32.2. The SMILES string of the molecule is Nc1nc([O-])c2ncn([C@@H]3O[C@H](COP(=O)(O)OP(=O)(O)OP(=O)([O-])O)[C@@H](O)[C@H]3O)c2n1.[Mg+2]. The maximum absolute atomic E-state index is 11.8. The van der Waals surface area contributed by atoms with Gasteiger partial charge in [0, 0.05) is 5.88 Å². The summed E-state index contributed by atoms with van der Waals surface area (Å²) in [6.07, 6.45) is -5.44. The van der Waals surface area contributed by atoms with Crippen LogP contribution in [-0.2, 0) is 31.6 Å². The van der Waals surface area contributed by atoms with Gasteiger partial charge in [0.2, 0.25) is 5.95 Å². The number of aliphatic hydroxyl groups is 2. The average molecular weight is 545 g/mol. The first-order chi connectivity index (χ1) is 14.6. The molecule has 1 fully saturated rings. The van der Waals surface area contributed by atoms with E-state index in [2.05, 4.69) is 28.1 Å². The number of imidazole rings is 1. The minimum Gasteiger partial charge on any atom is -0.857 e. The van der Waals surface area contributed by atoms with Crippen LogP contribution in [0.1, 0.15) is 6.23 Å². The van der Waals surface area contributed by atoms with Crippen molar-refractivity contribution in [2.75, 3.05) is 12.3 Å². The van der Waals surface area contributed by atoms with Crippen molar-refractivity contribution in [1.29, 1.82) is 0 Å². The summed E-state index contributed by atoms with van der Waals surface area (Å²) in [6, 6.07) is 0. The van der Waals surface area contributed by atoms with Crippen molar-refractivity contribution in [1.82, 2.24) is 19.5 Å². The molecule has 0 saturated carbocycles. The molecule has 19 nitrogen and oxygen atoms in total. The van der Waals surface area contributed by atoms with E-state index < -0.39 is 66.4 Å². The molecular formula is C10H14MgN5O14P3. The summed E-state index contributed by atoms with van der Waals surface area (Å²) >= 11 is 0. The van der Waals surface area contributed by atoms with Crippen molar-refractivity contribution in [2.45, 2.75) is 24.5 Å². The number of phosphoric acid groups is 3. The molecular weight excluding hydrogens is 531 g/mol. The van der Waals surface area contributed by atoms with Gasteiger partial charge in [-0.2, -0.15) is 9.29 Å². The zero-order chi connectivity index (χ0) is 24.1. The first-order valence-corrected chi connectivity index (χ1v) is 12.5. The third kappa shape index (κ3) is 6.88. The first-order valence-electron chi connectivity index (χ1n) is 8.04. The van der Waals surface area contributed by atoms with Crippen molar-refractivity contribution in [3.05, 3.63) is 6.33 Å². The Labute approximate surface area is 198 Å². The summed E-state index contributed by atoms with van der Waals surface area (Å²) in [6.45, 7) is -1.03. The summed E-state index contributed by atoms with van der Waals surface area (Å²) in [5.41, 5.74) is 5.03. The van der Waals surface area contributed by atoms with Gasteiger partial charge >= 0.3 is 38.7 Å². The van der Waals surface area contributed by atoms with E-state index in [4.69, 9.17) is 20.3 Å². The van der Waals surface area contributed by atoms with Gasteiger partial charge in [-0.05, 0) is 0 Å². The second-order valence-corrected chi connectivity index (χ2v) is 10.5. The molecule has 7 atom stereocenters. The zero-order valence-electron chi connectivity index (χ0n) is 15.9. The van der Waals surface area contributed by atoms with Crippen LogP contribution in [-0.4, -0.2) is 92.4 Å². The van der Waals surface area contributed by atoms with Crippen LogP contribution < -0.4 is 15.7 Å². The van der Waals surface area contributed by atoms with Crippen LogP contribution in [0.4, 0.5) is 5.95 Å². The Balaban J connectivity index is 0.00000385. The Hall–Kier alpha value is -0.794. The molecule has 0 radical (unpaired) electrons. The van der Waals surface area contributed by atoms with E-state index in [1.165, 1.54) is 0 Å². The third-order valence-corrected chi connectivity index (χ3v) is 7.61. The van der Waals surface area contributed by atoms with Gasteiger partial charge in [-0.15, -0.1) is 0 Å². The van der Waals surface area contributed by atoms with Crippen LogP contribution >= 0.6 is 23.5 Å². The Morgan fingerprint density at radius 1 is 1.12 bits per heavy atom. The van der Waals surface area contributed by atoms with Gasteiger partial charge in [0.05, 0.1) is 12.9 Å². The molecule has 0 spiro atoms. The second kappa shape index (κ2) is 10.1. The molecule has 0 bridgehead atoms. The van der Waals surface area contributed by atoms with E-state index >= 15 is 0 Å². The molecule has 0 aromatic carbocycles. The topological polar surface area (TPSA) is 305 Å². The summed E-state index contributed by atoms with van der Waals surface area (Å²) in [7, 11) is -17.1. The molecule has 33 heavy (non-hydrogen) atoms. The minimum atomic E-state index is -5.82. The average Bonchev–Trinajstić information content (AvgIpc) is 3.12. The molecule has 3 unspecified atom stereocenters. The van der Waals surface area contributed by atoms with Crippen LogP contribution in [0.5, 0.6) is 5.88 Å². The van der Waals surface area contributed by atoms with Crippen LogP contribution in [0, 0.1) is 0 Å². The second-order valence-electron chi connectivity index (χ2n) is 6.12. The number of hydrogen-bond acceptors (Lipinski definition) is 15. The Morgan fingerprint density at radius 2 is 1.76 bits per heavy atom. The van der Waals surface area contributed by atoms with Crippen LogP contribution in [0.25, 0.3) is 11.2 Å². The van der Waals surface area contributed by atoms with Crippen molar-refractivity contribution < 1.29 is 66.5 Å². The number of aromatic nitrogens is 4. The van der Waals surface area contributed by atoms with E-state index in [1.807, 2.05) is 0 Å². The molecule has 3 rings (SSSR count). The first kappa shape index (κ1) is 28.4. The smallest absolute Gasteiger partial charge is 0.857 e. The predicted molar refractivity (Wildman–Crippen MR) is 98.5 cm³/mol. The van der Waals surface area contributed by atoms with Crippen LogP contribution in [0.3, 0.4) is 0 Å². The fourth-order valence-electron chi connectivity index (χ4n) is 2.66.